The van der Waals surface area contributed by atoms with Crippen LogP contribution in [0.1, 0.15) is 17.7 Å². The number of likely N-dealkylation sites (tertiary alicyclic amines) is 1. The summed E-state index contributed by atoms with van der Waals surface area (Å²) < 4.78 is 0. The Kier molecular flexibility index (Phi) is 5.43. The van der Waals surface area contributed by atoms with Crippen molar-refractivity contribution in [1.82, 2.24) is 15.2 Å². The molecule has 0 saturated carbocycles. The van der Waals surface area contributed by atoms with Crippen molar-refractivity contribution in [3.63, 3.8) is 0 Å². The zero-order valence-electron chi connectivity index (χ0n) is 13.7. The minimum atomic E-state index is 0.0279. The van der Waals surface area contributed by atoms with E-state index < -0.39 is 0 Å². The average Bonchev–Trinajstić information content (AvgIpc) is 3.01. The van der Waals surface area contributed by atoms with Crippen molar-refractivity contribution in [2.45, 2.75) is 19.4 Å². The third-order valence-electron chi connectivity index (χ3n) is 4.34. The molecule has 0 radical (unpaired) electrons. The summed E-state index contributed by atoms with van der Waals surface area (Å²) in [6.45, 7) is 3.55. The van der Waals surface area contributed by atoms with Gasteiger partial charge < -0.3 is 10.4 Å². The van der Waals surface area contributed by atoms with Crippen molar-refractivity contribution in [2.24, 2.45) is 5.92 Å². The molecule has 1 saturated heterocycles. The van der Waals surface area contributed by atoms with Gasteiger partial charge in [0.25, 0.3) is 0 Å². The van der Waals surface area contributed by atoms with Gasteiger partial charge in [0.15, 0.2) is 0 Å². The van der Waals surface area contributed by atoms with E-state index in [0.717, 1.165) is 37.3 Å². The lowest BCUT2D eigenvalue weighted by molar-refractivity contribution is -0.120. The van der Waals surface area contributed by atoms with Crippen LogP contribution in [-0.4, -0.2) is 40.5 Å². The van der Waals surface area contributed by atoms with Crippen LogP contribution in [-0.2, 0) is 17.8 Å². The smallest absolute Gasteiger partial charge is 0.226 e. The average molecular weight is 325 g/mol. The van der Waals surface area contributed by atoms with Crippen LogP contribution in [0.2, 0.25) is 0 Å². The maximum absolute atomic E-state index is 12.0. The Bertz CT molecular complexity index is 675. The molecule has 1 aliphatic rings. The van der Waals surface area contributed by atoms with Crippen LogP contribution in [0.4, 0.5) is 0 Å². The Morgan fingerprint density at radius 2 is 2.21 bits per heavy atom. The molecule has 3 rings (SSSR count). The molecule has 5 nitrogen and oxygen atoms in total. The number of hydrogen-bond donors (Lipinski definition) is 2. The molecule has 126 valence electrons. The summed E-state index contributed by atoms with van der Waals surface area (Å²) >= 11 is 0. The Hall–Kier alpha value is -2.40. The predicted molar refractivity (Wildman–Crippen MR) is 92.4 cm³/mol. The van der Waals surface area contributed by atoms with E-state index in [1.54, 1.807) is 12.3 Å². The van der Waals surface area contributed by atoms with E-state index in [1.807, 2.05) is 36.4 Å². The van der Waals surface area contributed by atoms with E-state index in [4.69, 9.17) is 0 Å². The highest BCUT2D eigenvalue weighted by molar-refractivity contribution is 5.78. The van der Waals surface area contributed by atoms with Gasteiger partial charge in [0.1, 0.15) is 5.75 Å². The van der Waals surface area contributed by atoms with Crippen LogP contribution >= 0.6 is 0 Å². The maximum Gasteiger partial charge on any atom is 0.226 e. The summed E-state index contributed by atoms with van der Waals surface area (Å²) in [5.41, 5.74) is 1.92. The van der Waals surface area contributed by atoms with E-state index in [-0.39, 0.29) is 5.91 Å². The Balaban J connectivity index is 1.40. The topological polar surface area (TPSA) is 65.5 Å². The monoisotopic (exact) mass is 325 g/mol. The van der Waals surface area contributed by atoms with Gasteiger partial charge in [0.2, 0.25) is 5.91 Å². The SMILES string of the molecule is O=C(Cc1ccccn1)NC[C@@H]1CCN(Cc2cccc(O)c2)C1. The van der Waals surface area contributed by atoms with E-state index in [2.05, 4.69) is 15.2 Å². The van der Waals surface area contributed by atoms with Gasteiger partial charge in [-0.2, -0.15) is 0 Å². The first-order valence-electron chi connectivity index (χ1n) is 8.36. The van der Waals surface area contributed by atoms with Crippen molar-refractivity contribution in [3.05, 3.63) is 59.9 Å². The van der Waals surface area contributed by atoms with Crippen LogP contribution in [0.5, 0.6) is 5.75 Å². The summed E-state index contributed by atoms with van der Waals surface area (Å²) in [6.07, 6.45) is 3.13. The molecule has 0 bridgehead atoms. The fraction of sp³-hybridized carbons (Fsp3) is 0.368. The third-order valence-corrected chi connectivity index (χ3v) is 4.34. The summed E-state index contributed by atoms with van der Waals surface area (Å²) in [4.78, 5) is 18.5. The minimum Gasteiger partial charge on any atom is -0.508 e. The van der Waals surface area contributed by atoms with Crippen LogP contribution in [0.15, 0.2) is 48.7 Å². The Morgan fingerprint density at radius 1 is 1.29 bits per heavy atom. The number of nitrogens with zero attached hydrogens (tertiary/aromatic N) is 2. The fourth-order valence-corrected chi connectivity index (χ4v) is 3.12. The van der Waals surface area contributed by atoms with Gasteiger partial charge >= 0.3 is 0 Å². The molecule has 1 atom stereocenters. The summed E-state index contributed by atoms with van der Waals surface area (Å²) in [5, 5.41) is 12.6. The van der Waals surface area contributed by atoms with Gasteiger partial charge in [-0.3, -0.25) is 14.7 Å². The zero-order valence-corrected chi connectivity index (χ0v) is 13.7. The predicted octanol–water partition coefficient (Wildman–Crippen LogP) is 1.97. The van der Waals surface area contributed by atoms with Crippen molar-refractivity contribution >= 4 is 5.91 Å². The number of rotatable bonds is 6. The molecular formula is C19H23N3O2. The minimum absolute atomic E-state index is 0.0279. The van der Waals surface area contributed by atoms with Crippen molar-refractivity contribution in [1.29, 1.82) is 0 Å². The molecule has 1 amide bonds. The number of pyridine rings is 1. The normalized spacial score (nSPS) is 17.8. The summed E-state index contributed by atoms with van der Waals surface area (Å²) in [7, 11) is 0. The molecule has 2 aromatic rings. The van der Waals surface area contributed by atoms with Crippen LogP contribution in [0.3, 0.4) is 0 Å². The largest absolute Gasteiger partial charge is 0.508 e. The lowest BCUT2D eigenvalue weighted by Gasteiger charge is -2.16. The highest BCUT2D eigenvalue weighted by Crippen LogP contribution is 2.19. The van der Waals surface area contributed by atoms with Gasteiger partial charge in [0.05, 0.1) is 6.42 Å². The first-order valence-corrected chi connectivity index (χ1v) is 8.36. The number of carbonyl (C=O) groups excluding carboxylic acids is 1. The maximum atomic E-state index is 12.0. The quantitative estimate of drug-likeness (QED) is 0.852. The lowest BCUT2D eigenvalue weighted by Crippen LogP contribution is -2.32. The number of nitrogens with one attached hydrogen (secondary N) is 1. The molecule has 5 heteroatoms. The number of phenolic OH excluding ortho intramolecular Hbond substituents is 1. The van der Waals surface area contributed by atoms with Gasteiger partial charge in [0, 0.05) is 31.5 Å². The Labute approximate surface area is 142 Å². The number of phenols is 1. The number of benzene rings is 1. The standard InChI is InChI=1S/C19H23N3O2/c23-18-6-3-4-15(10-18)13-22-9-7-16(14-22)12-21-19(24)11-17-5-1-2-8-20-17/h1-6,8,10,16,23H,7,9,11-14H2,(H,21,24)/t16-/m0/s1. The molecule has 1 fully saturated rings. The van der Waals surface area contributed by atoms with Gasteiger partial charge in [-0.15, -0.1) is 0 Å². The molecule has 1 aromatic carbocycles. The van der Waals surface area contributed by atoms with Gasteiger partial charge in [-0.25, -0.2) is 0 Å². The molecule has 0 aliphatic carbocycles. The van der Waals surface area contributed by atoms with Crippen molar-refractivity contribution in [2.75, 3.05) is 19.6 Å². The van der Waals surface area contributed by atoms with E-state index in [0.29, 0.717) is 24.6 Å². The molecule has 2 heterocycles. The van der Waals surface area contributed by atoms with Crippen LogP contribution in [0, 0.1) is 5.92 Å². The highest BCUT2D eigenvalue weighted by atomic mass is 16.3. The van der Waals surface area contributed by atoms with E-state index in [1.165, 1.54) is 0 Å². The molecule has 1 aliphatic heterocycles. The molecule has 24 heavy (non-hydrogen) atoms. The zero-order chi connectivity index (χ0) is 16.8. The van der Waals surface area contributed by atoms with Crippen LogP contribution < -0.4 is 5.32 Å². The number of hydrogen-bond acceptors (Lipinski definition) is 4. The molecule has 0 spiro atoms. The third kappa shape index (κ3) is 4.80. The van der Waals surface area contributed by atoms with Gasteiger partial charge in [-0.1, -0.05) is 18.2 Å². The summed E-state index contributed by atoms with van der Waals surface area (Å²) in [5.74, 6) is 0.820. The number of carbonyl (C=O) groups is 1. The second kappa shape index (κ2) is 7.93. The number of amides is 1. The van der Waals surface area contributed by atoms with E-state index >= 15 is 0 Å². The van der Waals surface area contributed by atoms with Crippen LogP contribution in [0.25, 0.3) is 0 Å². The van der Waals surface area contributed by atoms with E-state index in [9.17, 15) is 9.90 Å². The first-order chi connectivity index (χ1) is 11.7. The molecule has 1 aromatic heterocycles. The fourth-order valence-electron chi connectivity index (χ4n) is 3.12. The highest BCUT2D eigenvalue weighted by Gasteiger charge is 2.22. The number of aromatic hydroxyl groups is 1. The van der Waals surface area contributed by atoms with Crippen molar-refractivity contribution < 1.29 is 9.90 Å². The second-order valence-electron chi connectivity index (χ2n) is 6.36. The molecular weight excluding hydrogens is 302 g/mol. The second-order valence-corrected chi connectivity index (χ2v) is 6.36. The number of aromatic nitrogens is 1. The van der Waals surface area contributed by atoms with Gasteiger partial charge in [-0.05, 0) is 48.7 Å². The molecule has 2 N–H and O–H groups in total. The summed E-state index contributed by atoms with van der Waals surface area (Å²) in [6, 6.07) is 13.0. The lowest BCUT2D eigenvalue weighted by atomic mass is 10.1. The first kappa shape index (κ1) is 16.5. The molecule has 0 unspecified atom stereocenters. The Morgan fingerprint density at radius 3 is 3.00 bits per heavy atom. The van der Waals surface area contributed by atoms with Crippen molar-refractivity contribution in [3.8, 4) is 5.75 Å².